The van der Waals surface area contributed by atoms with Crippen molar-refractivity contribution >= 4 is 11.6 Å². The molecule has 2 aromatic carbocycles. The third kappa shape index (κ3) is 2.90. The molecule has 6 nitrogen and oxygen atoms in total. The summed E-state index contributed by atoms with van der Waals surface area (Å²) in [5.41, 5.74) is 5.34. The molecule has 3 aromatic rings. The van der Waals surface area contributed by atoms with Crippen LogP contribution in [0.2, 0.25) is 0 Å². The lowest BCUT2D eigenvalue weighted by molar-refractivity contribution is -0.131. The molecule has 2 heterocycles. The Hall–Kier alpha value is -3.28. The number of benzene rings is 2. The number of nitrogens with one attached hydrogen (secondary N) is 2. The molecule has 1 amide bonds. The van der Waals surface area contributed by atoms with Crippen molar-refractivity contribution in [3.8, 4) is 22.8 Å². The number of amides is 1. The number of para-hydroxylation sites is 2. The predicted octanol–water partition coefficient (Wildman–Crippen LogP) is 3.74. The minimum absolute atomic E-state index is 0.360. The van der Waals surface area contributed by atoms with Gasteiger partial charge in [-0.2, -0.15) is 5.10 Å². The van der Waals surface area contributed by atoms with Gasteiger partial charge in [-0.25, -0.2) is 0 Å². The van der Waals surface area contributed by atoms with Gasteiger partial charge in [-0.05, 0) is 50.6 Å². The number of hydrogen-bond acceptors (Lipinski definition) is 4. The normalized spacial score (nSPS) is 13.0. The number of fused-ring (bicyclic) bond motifs is 1. The molecular formula is C20H19N3O3. The lowest BCUT2D eigenvalue weighted by Gasteiger charge is -2.16. The number of aromatic nitrogens is 2. The smallest absolute Gasteiger partial charge is 0.322 e. The zero-order valence-electron chi connectivity index (χ0n) is 14.8. The first-order valence-electron chi connectivity index (χ1n) is 8.38. The van der Waals surface area contributed by atoms with Gasteiger partial charge in [0.2, 0.25) is 0 Å². The first-order valence-corrected chi connectivity index (χ1v) is 8.38. The lowest BCUT2D eigenvalue weighted by atomic mass is 10.0. The Morgan fingerprint density at radius 1 is 1.08 bits per heavy atom. The Morgan fingerprint density at radius 2 is 1.77 bits per heavy atom. The van der Waals surface area contributed by atoms with Gasteiger partial charge in [-0.3, -0.25) is 9.89 Å². The standard InChI is InChI=1S/C20H19N3O3/c1-11-8-12(2)18(14(9-11)15-10-13(3)22-23-15)21-19(24)20-25-16-6-4-5-7-17(16)26-20/h4-10,20H,1-3H3,(H,21,24)(H,22,23). The Bertz CT molecular complexity index is 969. The summed E-state index contributed by atoms with van der Waals surface area (Å²) in [5, 5.41) is 10.2. The molecule has 0 spiro atoms. The van der Waals surface area contributed by atoms with Gasteiger partial charge in [0.05, 0.1) is 11.4 Å². The molecule has 0 unspecified atom stereocenters. The summed E-state index contributed by atoms with van der Waals surface area (Å²) < 4.78 is 11.2. The zero-order chi connectivity index (χ0) is 18.3. The van der Waals surface area contributed by atoms with E-state index in [1.165, 1.54) is 0 Å². The SMILES string of the molecule is Cc1cc(C)c(NC(=O)C2Oc3ccccc3O2)c(-c2cc(C)[nH]n2)c1. The highest BCUT2D eigenvalue weighted by molar-refractivity contribution is 5.98. The van der Waals surface area contributed by atoms with Gasteiger partial charge in [-0.1, -0.05) is 23.8 Å². The average Bonchev–Trinajstić information content (AvgIpc) is 3.23. The van der Waals surface area contributed by atoms with Crippen LogP contribution in [0.1, 0.15) is 16.8 Å². The molecule has 1 aliphatic rings. The van der Waals surface area contributed by atoms with Crippen LogP contribution in [0.25, 0.3) is 11.3 Å². The van der Waals surface area contributed by atoms with E-state index in [2.05, 4.69) is 15.5 Å². The van der Waals surface area contributed by atoms with Crippen LogP contribution in [0, 0.1) is 20.8 Å². The molecule has 0 radical (unpaired) electrons. The maximum absolute atomic E-state index is 12.7. The van der Waals surface area contributed by atoms with Gasteiger partial charge in [-0.15, -0.1) is 0 Å². The Kier molecular flexibility index (Phi) is 3.88. The van der Waals surface area contributed by atoms with E-state index in [0.29, 0.717) is 17.2 Å². The molecule has 26 heavy (non-hydrogen) atoms. The van der Waals surface area contributed by atoms with Crippen molar-refractivity contribution in [2.75, 3.05) is 5.32 Å². The monoisotopic (exact) mass is 349 g/mol. The fourth-order valence-corrected chi connectivity index (χ4v) is 3.08. The van der Waals surface area contributed by atoms with Gasteiger partial charge >= 0.3 is 12.2 Å². The van der Waals surface area contributed by atoms with Crippen LogP contribution in [0.15, 0.2) is 42.5 Å². The van der Waals surface area contributed by atoms with Crippen LogP contribution in [-0.2, 0) is 4.79 Å². The highest BCUT2D eigenvalue weighted by Crippen LogP contribution is 2.35. The second-order valence-electron chi connectivity index (χ2n) is 6.44. The summed E-state index contributed by atoms with van der Waals surface area (Å²) in [6.07, 6.45) is -1.01. The second kappa shape index (κ2) is 6.22. The summed E-state index contributed by atoms with van der Waals surface area (Å²) in [5.74, 6) is 0.773. The van der Waals surface area contributed by atoms with E-state index < -0.39 is 6.29 Å². The molecule has 6 heteroatoms. The minimum Gasteiger partial charge on any atom is -0.442 e. The second-order valence-corrected chi connectivity index (χ2v) is 6.44. The van der Waals surface area contributed by atoms with Crippen LogP contribution in [-0.4, -0.2) is 22.4 Å². The molecule has 1 aliphatic heterocycles. The van der Waals surface area contributed by atoms with Crippen molar-refractivity contribution in [1.82, 2.24) is 10.2 Å². The number of carbonyl (C=O) groups is 1. The van der Waals surface area contributed by atoms with Gasteiger partial charge < -0.3 is 14.8 Å². The van der Waals surface area contributed by atoms with E-state index in [9.17, 15) is 4.79 Å². The molecule has 132 valence electrons. The van der Waals surface area contributed by atoms with Crippen LogP contribution in [0.5, 0.6) is 11.5 Å². The summed E-state index contributed by atoms with van der Waals surface area (Å²) in [4.78, 5) is 12.7. The predicted molar refractivity (Wildman–Crippen MR) is 98.4 cm³/mol. The van der Waals surface area contributed by atoms with Gasteiger partial charge in [0.25, 0.3) is 0 Å². The molecule has 0 bridgehead atoms. The number of nitrogens with zero attached hydrogens (tertiary/aromatic N) is 1. The zero-order valence-corrected chi connectivity index (χ0v) is 14.8. The fraction of sp³-hybridized carbons (Fsp3) is 0.200. The van der Waals surface area contributed by atoms with E-state index in [1.54, 1.807) is 12.1 Å². The molecule has 0 aliphatic carbocycles. The van der Waals surface area contributed by atoms with Gasteiger partial charge in [0.15, 0.2) is 11.5 Å². The summed E-state index contributed by atoms with van der Waals surface area (Å²) >= 11 is 0. The van der Waals surface area contributed by atoms with E-state index in [4.69, 9.17) is 9.47 Å². The molecule has 4 rings (SSSR count). The van der Waals surface area contributed by atoms with Gasteiger partial charge in [0.1, 0.15) is 0 Å². The van der Waals surface area contributed by atoms with Crippen molar-refractivity contribution < 1.29 is 14.3 Å². The first kappa shape index (κ1) is 16.2. The Balaban J connectivity index is 1.63. The maximum Gasteiger partial charge on any atom is 0.322 e. The maximum atomic E-state index is 12.7. The van der Waals surface area contributed by atoms with Gasteiger partial charge in [0, 0.05) is 11.3 Å². The van der Waals surface area contributed by atoms with E-state index in [-0.39, 0.29) is 5.91 Å². The molecule has 2 N–H and O–H groups in total. The fourth-order valence-electron chi connectivity index (χ4n) is 3.08. The largest absolute Gasteiger partial charge is 0.442 e. The summed E-state index contributed by atoms with van der Waals surface area (Å²) in [7, 11) is 0. The van der Waals surface area contributed by atoms with Crippen molar-refractivity contribution in [3.05, 3.63) is 59.3 Å². The quantitative estimate of drug-likeness (QED) is 0.755. The van der Waals surface area contributed by atoms with E-state index in [0.717, 1.165) is 28.1 Å². The number of aromatic amines is 1. The lowest BCUT2D eigenvalue weighted by Crippen LogP contribution is -2.34. The van der Waals surface area contributed by atoms with Crippen molar-refractivity contribution in [1.29, 1.82) is 0 Å². The molecule has 0 saturated heterocycles. The summed E-state index contributed by atoms with van der Waals surface area (Å²) in [6, 6.07) is 13.2. The molecule has 1 aromatic heterocycles. The van der Waals surface area contributed by atoms with E-state index in [1.807, 2.05) is 51.1 Å². The van der Waals surface area contributed by atoms with Crippen molar-refractivity contribution in [3.63, 3.8) is 0 Å². The number of H-pyrrole nitrogens is 1. The minimum atomic E-state index is -1.01. The van der Waals surface area contributed by atoms with Crippen molar-refractivity contribution in [2.24, 2.45) is 0 Å². The molecular weight excluding hydrogens is 330 g/mol. The number of hydrogen-bond donors (Lipinski definition) is 2. The molecule has 0 fully saturated rings. The van der Waals surface area contributed by atoms with Crippen LogP contribution < -0.4 is 14.8 Å². The van der Waals surface area contributed by atoms with E-state index >= 15 is 0 Å². The Morgan fingerprint density at radius 3 is 2.38 bits per heavy atom. The van der Waals surface area contributed by atoms with Crippen LogP contribution in [0.4, 0.5) is 5.69 Å². The summed E-state index contributed by atoms with van der Waals surface area (Å²) in [6.45, 7) is 5.91. The number of aryl methyl sites for hydroxylation is 3. The topological polar surface area (TPSA) is 76.2 Å². The average molecular weight is 349 g/mol. The number of rotatable bonds is 3. The third-order valence-electron chi connectivity index (χ3n) is 4.24. The molecule has 0 atom stereocenters. The highest BCUT2D eigenvalue weighted by Gasteiger charge is 2.31. The molecule has 0 saturated carbocycles. The first-order chi connectivity index (χ1) is 12.5. The van der Waals surface area contributed by atoms with Crippen LogP contribution >= 0.6 is 0 Å². The number of ether oxygens (including phenoxy) is 2. The number of carbonyl (C=O) groups excluding carboxylic acids is 1. The number of anilines is 1. The Labute approximate surface area is 151 Å². The third-order valence-corrected chi connectivity index (χ3v) is 4.24. The van der Waals surface area contributed by atoms with Crippen molar-refractivity contribution in [2.45, 2.75) is 27.1 Å². The van der Waals surface area contributed by atoms with Crippen LogP contribution in [0.3, 0.4) is 0 Å². The highest BCUT2D eigenvalue weighted by atomic mass is 16.7.